The zero-order valence-electron chi connectivity index (χ0n) is 20.7. The fraction of sp³-hybridized carbons (Fsp3) is 0.783. The molecule has 0 radical (unpaired) electrons. The van der Waals surface area contributed by atoms with Crippen LogP contribution in [0.25, 0.3) is 0 Å². The minimum Gasteiger partial charge on any atom is -0.357 e. The third-order valence-corrected chi connectivity index (χ3v) is 5.96. The standard InChI is InChI=1S/C23H41N5O5/c1-13(2)11-17(22(32)24-5)27-18(29)12-26-20(30)15-9-7-8-10-16(15)21(31)28-19(14(3)4)23(33)25-6/h13-17,19H,7-12H2,1-6H3,(H,24,32)(H,25,33)(H,26,30)(H,27,29)(H,28,31)/t15-,16+,17-,19-/m0/s1. The van der Waals surface area contributed by atoms with E-state index in [1.165, 1.54) is 14.1 Å². The molecule has 0 aromatic carbocycles. The van der Waals surface area contributed by atoms with E-state index >= 15 is 0 Å². The molecule has 1 saturated carbocycles. The Hall–Kier alpha value is -2.65. The van der Waals surface area contributed by atoms with Gasteiger partial charge < -0.3 is 26.6 Å². The third-order valence-electron chi connectivity index (χ3n) is 5.96. The maximum Gasteiger partial charge on any atom is 0.242 e. The Morgan fingerprint density at radius 2 is 1.33 bits per heavy atom. The highest BCUT2D eigenvalue weighted by Gasteiger charge is 2.37. The molecule has 10 nitrogen and oxygen atoms in total. The zero-order chi connectivity index (χ0) is 25.1. The summed E-state index contributed by atoms with van der Waals surface area (Å²) in [6, 6.07) is -1.35. The summed E-state index contributed by atoms with van der Waals surface area (Å²) < 4.78 is 0. The predicted octanol–water partition coefficient (Wildman–Crippen LogP) is 0.0727. The van der Waals surface area contributed by atoms with Crippen LogP contribution in [0.3, 0.4) is 0 Å². The molecule has 188 valence electrons. The molecular weight excluding hydrogens is 426 g/mol. The van der Waals surface area contributed by atoms with Gasteiger partial charge in [0.25, 0.3) is 0 Å². The number of hydrogen-bond acceptors (Lipinski definition) is 5. The Bertz CT molecular complexity index is 709. The fourth-order valence-corrected chi connectivity index (χ4v) is 4.13. The second kappa shape index (κ2) is 13.8. The quantitative estimate of drug-likeness (QED) is 0.292. The predicted molar refractivity (Wildman–Crippen MR) is 125 cm³/mol. The highest BCUT2D eigenvalue weighted by molar-refractivity contribution is 5.93. The average molecular weight is 468 g/mol. The molecule has 4 atom stereocenters. The molecule has 10 heteroatoms. The summed E-state index contributed by atoms with van der Waals surface area (Å²) in [7, 11) is 3.02. The lowest BCUT2D eigenvalue weighted by Crippen LogP contribution is -2.53. The van der Waals surface area contributed by atoms with Crippen LogP contribution >= 0.6 is 0 Å². The van der Waals surface area contributed by atoms with Gasteiger partial charge in [-0.1, -0.05) is 40.5 Å². The number of rotatable bonds is 11. The molecule has 33 heavy (non-hydrogen) atoms. The molecule has 1 aliphatic rings. The van der Waals surface area contributed by atoms with Crippen LogP contribution < -0.4 is 26.6 Å². The summed E-state index contributed by atoms with van der Waals surface area (Å²) in [5, 5.41) is 13.2. The van der Waals surface area contributed by atoms with Crippen LogP contribution in [0.2, 0.25) is 0 Å². The molecule has 1 fully saturated rings. The molecule has 1 rings (SSSR count). The van der Waals surface area contributed by atoms with Crippen LogP contribution in [-0.2, 0) is 24.0 Å². The highest BCUT2D eigenvalue weighted by Crippen LogP contribution is 2.30. The number of carbonyl (C=O) groups excluding carboxylic acids is 5. The Morgan fingerprint density at radius 1 is 0.788 bits per heavy atom. The molecule has 0 unspecified atom stereocenters. The van der Waals surface area contributed by atoms with Gasteiger partial charge in [-0.25, -0.2) is 0 Å². The monoisotopic (exact) mass is 467 g/mol. The average Bonchev–Trinajstić information content (AvgIpc) is 2.78. The van der Waals surface area contributed by atoms with Gasteiger partial charge in [0.1, 0.15) is 12.1 Å². The van der Waals surface area contributed by atoms with Gasteiger partial charge >= 0.3 is 0 Å². The summed E-state index contributed by atoms with van der Waals surface area (Å²) >= 11 is 0. The number of hydrogen-bond donors (Lipinski definition) is 5. The number of carbonyl (C=O) groups is 5. The van der Waals surface area contributed by atoms with Gasteiger partial charge in [-0.3, -0.25) is 24.0 Å². The van der Waals surface area contributed by atoms with E-state index in [0.717, 1.165) is 12.8 Å². The van der Waals surface area contributed by atoms with Crippen LogP contribution in [0, 0.1) is 23.7 Å². The molecular formula is C23H41N5O5. The minimum absolute atomic E-state index is 0.104. The summed E-state index contributed by atoms with van der Waals surface area (Å²) in [5.74, 6) is -2.76. The molecule has 0 heterocycles. The van der Waals surface area contributed by atoms with E-state index in [-0.39, 0.29) is 42.0 Å². The fourth-order valence-electron chi connectivity index (χ4n) is 4.13. The molecule has 0 bridgehead atoms. The molecule has 5 amide bonds. The van der Waals surface area contributed by atoms with Crippen molar-refractivity contribution in [1.29, 1.82) is 0 Å². The lowest BCUT2D eigenvalue weighted by molar-refractivity contribution is -0.139. The Morgan fingerprint density at radius 3 is 1.82 bits per heavy atom. The molecule has 0 saturated heterocycles. The van der Waals surface area contributed by atoms with Crippen LogP contribution in [0.4, 0.5) is 0 Å². The SMILES string of the molecule is CNC(=O)[C@H](CC(C)C)NC(=O)CNC(=O)[C@H]1CCCC[C@H]1C(=O)N[C@H](C(=O)NC)C(C)C. The lowest BCUT2D eigenvalue weighted by Gasteiger charge is -2.31. The van der Waals surface area contributed by atoms with Crippen LogP contribution in [0.1, 0.15) is 59.8 Å². The molecule has 5 N–H and O–H groups in total. The normalized spacial score (nSPS) is 19.9. The number of amides is 5. The Labute approximate surface area is 196 Å². The Kier molecular flexibility index (Phi) is 11.9. The van der Waals surface area contributed by atoms with Gasteiger partial charge in [-0.15, -0.1) is 0 Å². The van der Waals surface area contributed by atoms with Crippen LogP contribution in [0.15, 0.2) is 0 Å². The Balaban J connectivity index is 2.74. The summed E-state index contributed by atoms with van der Waals surface area (Å²) in [5.41, 5.74) is 0. The number of likely N-dealkylation sites (N-methyl/N-ethyl adjacent to an activating group) is 2. The van der Waals surface area contributed by atoms with Crippen molar-refractivity contribution in [2.75, 3.05) is 20.6 Å². The van der Waals surface area contributed by atoms with E-state index in [1.54, 1.807) is 0 Å². The summed E-state index contributed by atoms with van der Waals surface area (Å²) in [6.07, 6.45) is 3.18. The van der Waals surface area contributed by atoms with E-state index in [0.29, 0.717) is 19.3 Å². The molecule has 0 spiro atoms. The summed E-state index contributed by atoms with van der Waals surface area (Å²) in [4.78, 5) is 62.3. The van der Waals surface area contributed by atoms with Gasteiger partial charge in [0.15, 0.2) is 0 Å². The van der Waals surface area contributed by atoms with Gasteiger partial charge in [0.2, 0.25) is 29.5 Å². The zero-order valence-corrected chi connectivity index (χ0v) is 20.7. The maximum atomic E-state index is 12.9. The van der Waals surface area contributed by atoms with Crippen molar-refractivity contribution in [3.63, 3.8) is 0 Å². The molecule has 0 aliphatic heterocycles. The van der Waals surface area contributed by atoms with Crippen molar-refractivity contribution in [2.24, 2.45) is 23.7 Å². The van der Waals surface area contributed by atoms with E-state index < -0.39 is 29.8 Å². The highest BCUT2D eigenvalue weighted by atomic mass is 16.2. The van der Waals surface area contributed by atoms with Gasteiger partial charge in [0, 0.05) is 25.9 Å². The summed E-state index contributed by atoms with van der Waals surface area (Å²) in [6.45, 7) is 7.31. The van der Waals surface area contributed by atoms with Crippen LogP contribution in [-0.4, -0.2) is 62.3 Å². The lowest BCUT2D eigenvalue weighted by atomic mass is 9.78. The topological polar surface area (TPSA) is 146 Å². The number of nitrogens with one attached hydrogen (secondary N) is 5. The first-order chi connectivity index (χ1) is 15.5. The third kappa shape index (κ3) is 9.01. The minimum atomic E-state index is -0.679. The first kappa shape index (κ1) is 28.4. The maximum absolute atomic E-state index is 12.9. The van der Waals surface area contributed by atoms with Crippen molar-refractivity contribution in [3.05, 3.63) is 0 Å². The van der Waals surface area contributed by atoms with Crippen molar-refractivity contribution in [3.8, 4) is 0 Å². The van der Waals surface area contributed by atoms with Crippen LogP contribution in [0.5, 0.6) is 0 Å². The van der Waals surface area contributed by atoms with Gasteiger partial charge in [0.05, 0.1) is 6.54 Å². The van der Waals surface area contributed by atoms with E-state index in [9.17, 15) is 24.0 Å². The van der Waals surface area contributed by atoms with Crippen molar-refractivity contribution in [1.82, 2.24) is 26.6 Å². The molecule has 1 aliphatic carbocycles. The van der Waals surface area contributed by atoms with E-state index in [1.807, 2.05) is 27.7 Å². The smallest absolute Gasteiger partial charge is 0.242 e. The molecule has 0 aromatic rings. The van der Waals surface area contributed by atoms with Crippen molar-refractivity contribution < 1.29 is 24.0 Å². The second-order valence-corrected chi connectivity index (χ2v) is 9.42. The van der Waals surface area contributed by atoms with Gasteiger partial charge in [-0.2, -0.15) is 0 Å². The first-order valence-electron chi connectivity index (χ1n) is 11.8. The van der Waals surface area contributed by atoms with E-state index in [4.69, 9.17) is 0 Å². The van der Waals surface area contributed by atoms with Gasteiger partial charge in [-0.05, 0) is 31.1 Å². The molecule has 0 aromatic heterocycles. The van der Waals surface area contributed by atoms with E-state index in [2.05, 4.69) is 26.6 Å². The largest absolute Gasteiger partial charge is 0.357 e. The van der Waals surface area contributed by atoms with Crippen molar-refractivity contribution >= 4 is 29.5 Å². The second-order valence-electron chi connectivity index (χ2n) is 9.42. The van der Waals surface area contributed by atoms with Crippen molar-refractivity contribution in [2.45, 2.75) is 71.9 Å². The first-order valence-corrected chi connectivity index (χ1v) is 11.8.